The number of amides is 2. The molecule has 120 valence electrons. The summed E-state index contributed by atoms with van der Waals surface area (Å²) in [6, 6.07) is 5.41. The van der Waals surface area contributed by atoms with Crippen LogP contribution in [0.4, 0.5) is 11.4 Å². The molecule has 2 rings (SSSR count). The quantitative estimate of drug-likeness (QED) is 0.875. The Labute approximate surface area is 136 Å². The molecule has 1 aromatic carbocycles. The first-order valence-corrected chi connectivity index (χ1v) is 8.01. The summed E-state index contributed by atoms with van der Waals surface area (Å²) in [5.74, 6) is -0.0228. The van der Waals surface area contributed by atoms with Crippen molar-refractivity contribution < 1.29 is 9.59 Å². The van der Waals surface area contributed by atoms with Gasteiger partial charge < -0.3 is 15.5 Å². The summed E-state index contributed by atoms with van der Waals surface area (Å²) < 4.78 is 0. The maximum absolute atomic E-state index is 12.0. The predicted octanol–water partition coefficient (Wildman–Crippen LogP) is 2.65. The topological polar surface area (TPSA) is 61.4 Å². The molecule has 2 N–H and O–H groups in total. The lowest BCUT2D eigenvalue weighted by atomic mass is 10.1. The fourth-order valence-electron chi connectivity index (χ4n) is 2.51. The molecule has 5 nitrogen and oxygen atoms in total. The smallest absolute Gasteiger partial charge is 0.239 e. The first kappa shape index (κ1) is 16.6. The van der Waals surface area contributed by atoms with Crippen LogP contribution in [0.2, 0.25) is 5.02 Å². The zero-order chi connectivity index (χ0) is 16.1. The average molecular weight is 324 g/mol. The monoisotopic (exact) mass is 323 g/mol. The van der Waals surface area contributed by atoms with Crippen molar-refractivity contribution in [1.29, 1.82) is 0 Å². The van der Waals surface area contributed by atoms with E-state index in [0.717, 1.165) is 25.1 Å². The van der Waals surface area contributed by atoms with Gasteiger partial charge in [0.1, 0.15) is 0 Å². The van der Waals surface area contributed by atoms with Crippen molar-refractivity contribution in [3.8, 4) is 0 Å². The Balaban J connectivity index is 2.06. The molecule has 0 aromatic heterocycles. The van der Waals surface area contributed by atoms with Crippen molar-refractivity contribution in [2.24, 2.45) is 5.92 Å². The lowest BCUT2D eigenvalue weighted by Crippen LogP contribution is -2.47. The molecule has 1 fully saturated rings. The average Bonchev–Trinajstić information content (AvgIpc) is 2.47. The van der Waals surface area contributed by atoms with Crippen LogP contribution in [-0.2, 0) is 9.59 Å². The Morgan fingerprint density at radius 1 is 1.50 bits per heavy atom. The van der Waals surface area contributed by atoms with Crippen LogP contribution in [0.1, 0.15) is 26.7 Å². The van der Waals surface area contributed by atoms with Gasteiger partial charge in [-0.3, -0.25) is 9.59 Å². The number of anilines is 2. The number of hydrogen-bond donors (Lipinski definition) is 2. The largest absolute Gasteiger partial charge is 0.359 e. The fraction of sp³-hybridized carbons (Fsp3) is 0.500. The van der Waals surface area contributed by atoms with Gasteiger partial charge in [0.2, 0.25) is 11.8 Å². The van der Waals surface area contributed by atoms with Crippen LogP contribution in [0.5, 0.6) is 0 Å². The van der Waals surface area contributed by atoms with Crippen LogP contribution in [0.15, 0.2) is 18.2 Å². The molecule has 0 saturated carbocycles. The molecule has 0 bridgehead atoms. The molecule has 1 aliphatic rings. The third kappa shape index (κ3) is 4.13. The number of nitrogens with zero attached hydrogens (tertiary/aromatic N) is 1. The fourth-order valence-corrected chi connectivity index (χ4v) is 2.81. The van der Waals surface area contributed by atoms with Crippen molar-refractivity contribution in [3.05, 3.63) is 23.2 Å². The second kappa shape index (κ2) is 7.49. The van der Waals surface area contributed by atoms with E-state index < -0.39 is 0 Å². The van der Waals surface area contributed by atoms with Gasteiger partial charge in [0.05, 0.1) is 17.3 Å². The van der Waals surface area contributed by atoms with Crippen LogP contribution in [-0.4, -0.2) is 31.4 Å². The van der Waals surface area contributed by atoms with Crippen molar-refractivity contribution in [2.45, 2.75) is 26.7 Å². The third-order valence-corrected chi connectivity index (χ3v) is 4.07. The SMILES string of the molecule is CCCC(C)C(=O)Nc1ccc(N2CCNC(=O)C2)c(Cl)c1. The third-order valence-electron chi connectivity index (χ3n) is 3.76. The number of hydrogen-bond acceptors (Lipinski definition) is 3. The van der Waals surface area contributed by atoms with E-state index in [4.69, 9.17) is 11.6 Å². The van der Waals surface area contributed by atoms with Crippen LogP contribution in [0.3, 0.4) is 0 Å². The van der Waals surface area contributed by atoms with E-state index in [9.17, 15) is 9.59 Å². The van der Waals surface area contributed by atoms with Gasteiger partial charge in [-0.2, -0.15) is 0 Å². The maximum atomic E-state index is 12.0. The van der Waals surface area contributed by atoms with Crippen LogP contribution in [0.25, 0.3) is 0 Å². The standard InChI is InChI=1S/C16H22ClN3O2/c1-3-4-11(2)16(22)19-12-5-6-14(13(17)9-12)20-8-7-18-15(21)10-20/h5-6,9,11H,3-4,7-8,10H2,1-2H3,(H,18,21)(H,19,22). The zero-order valence-electron chi connectivity index (χ0n) is 13.0. The second-order valence-electron chi connectivity index (χ2n) is 5.62. The van der Waals surface area contributed by atoms with Gasteiger partial charge in [-0.15, -0.1) is 0 Å². The molecular formula is C16H22ClN3O2. The Hall–Kier alpha value is -1.75. The molecule has 0 spiro atoms. The van der Waals surface area contributed by atoms with E-state index in [-0.39, 0.29) is 17.7 Å². The lowest BCUT2D eigenvalue weighted by Gasteiger charge is -2.29. The Morgan fingerprint density at radius 3 is 2.91 bits per heavy atom. The minimum absolute atomic E-state index is 0.00279. The summed E-state index contributed by atoms with van der Waals surface area (Å²) in [7, 11) is 0. The van der Waals surface area contributed by atoms with E-state index in [2.05, 4.69) is 17.6 Å². The molecule has 0 radical (unpaired) electrons. The summed E-state index contributed by atoms with van der Waals surface area (Å²) in [6.45, 7) is 5.62. The van der Waals surface area contributed by atoms with Crippen LogP contribution < -0.4 is 15.5 Å². The van der Waals surface area contributed by atoms with Gasteiger partial charge in [-0.05, 0) is 24.6 Å². The van der Waals surface area contributed by atoms with Gasteiger partial charge in [0.25, 0.3) is 0 Å². The molecule has 1 aromatic rings. The second-order valence-corrected chi connectivity index (χ2v) is 6.02. The van der Waals surface area contributed by atoms with E-state index in [1.54, 1.807) is 6.07 Å². The summed E-state index contributed by atoms with van der Waals surface area (Å²) in [5.41, 5.74) is 1.50. The molecule has 6 heteroatoms. The molecule has 1 heterocycles. The highest BCUT2D eigenvalue weighted by Gasteiger charge is 2.19. The number of halogens is 1. The van der Waals surface area contributed by atoms with Gasteiger partial charge in [-0.1, -0.05) is 31.9 Å². The number of piperazine rings is 1. The number of benzene rings is 1. The van der Waals surface area contributed by atoms with E-state index in [0.29, 0.717) is 23.8 Å². The first-order valence-electron chi connectivity index (χ1n) is 7.63. The van der Waals surface area contributed by atoms with Crippen molar-refractivity contribution in [3.63, 3.8) is 0 Å². The van der Waals surface area contributed by atoms with Crippen molar-refractivity contribution in [1.82, 2.24) is 5.32 Å². The normalized spacial score (nSPS) is 16.1. The highest BCUT2D eigenvalue weighted by Crippen LogP contribution is 2.29. The first-order chi connectivity index (χ1) is 10.5. The number of nitrogens with one attached hydrogen (secondary N) is 2. The molecule has 1 aliphatic heterocycles. The van der Waals surface area contributed by atoms with Gasteiger partial charge in [0.15, 0.2) is 0 Å². The van der Waals surface area contributed by atoms with Gasteiger partial charge in [0, 0.05) is 24.7 Å². The number of carbonyl (C=O) groups is 2. The molecule has 1 atom stereocenters. The highest BCUT2D eigenvalue weighted by atomic mass is 35.5. The van der Waals surface area contributed by atoms with Gasteiger partial charge in [-0.25, -0.2) is 0 Å². The number of rotatable bonds is 5. The van der Waals surface area contributed by atoms with Crippen molar-refractivity contribution in [2.75, 3.05) is 29.9 Å². The Kier molecular flexibility index (Phi) is 5.66. The van der Waals surface area contributed by atoms with Gasteiger partial charge >= 0.3 is 0 Å². The zero-order valence-corrected chi connectivity index (χ0v) is 13.7. The predicted molar refractivity (Wildman–Crippen MR) is 89.4 cm³/mol. The van der Waals surface area contributed by atoms with Crippen molar-refractivity contribution >= 4 is 34.8 Å². The van der Waals surface area contributed by atoms with Crippen LogP contribution >= 0.6 is 11.6 Å². The van der Waals surface area contributed by atoms with E-state index >= 15 is 0 Å². The molecular weight excluding hydrogens is 302 g/mol. The van der Waals surface area contributed by atoms with E-state index in [1.165, 1.54) is 0 Å². The molecule has 1 saturated heterocycles. The minimum atomic E-state index is -0.0192. The summed E-state index contributed by atoms with van der Waals surface area (Å²) in [5, 5.41) is 6.21. The summed E-state index contributed by atoms with van der Waals surface area (Å²) >= 11 is 6.31. The lowest BCUT2D eigenvalue weighted by molar-refractivity contribution is -0.120. The summed E-state index contributed by atoms with van der Waals surface area (Å²) in [6.07, 6.45) is 1.84. The minimum Gasteiger partial charge on any atom is -0.359 e. The maximum Gasteiger partial charge on any atom is 0.239 e. The molecule has 2 amide bonds. The number of carbonyl (C=O) groups excluding carboxylic acids is 2. The Morgan fingerprint density at radius 2 is 2.27 bits per heavy atom. The van der Waals surface area contributed by atoms with Crippen LogP contribution in [0, 0.1) is 5.92 Å². The van der Waals surface area contributed by atoms with E-state index in [1.807, 2.05) is 24.0 Å². The summed E-state index contributed by atoms with van der Waals surface area (Å²) in [4.78, 5) is 25.4. The highest BCUT2D eigenvalue weighted by molar-refractivity contribution is 6.33. The molecule has 22 heavy (non-hydrogen) atoms. The molecule has 1 unspecified atom stereocenters. The molecule has 0 aliphatic carbocycles. The Bertz CT molecular complexity index is 562.